The molecule has 0 saturated heterocycles. The van der Waals surface area contributed by atoms with Crippen molar-refractivity contribution in [2.24, 2.45) is 5.92 Å². The number of rotatable bonds is 2. The zero-order valence-electron chi connectivity index (χ0n) is 6.19. The number of hydrogen-bond donors (Lipinski definition) is 2. The van der Waals surface area contributed by atoms with Crippen molar-refractivity contribution < 1.29 is 0 Å². The van der Waals surface area contributed by atoms with E-state index in [1.54, 1.807) is 0 Å². The van der Waals surface area contributed by atoms with Crippen LogP contribution in [-0.4, -0.2) is 18.7 Å². The molecule has 2 N–H and O–H groups in total. The number of thiocarbonyl (C=S) groups is 1. The summed E-state index contributed by atoms with van der Waals surface area (Å²) < 4.78 is 0. The van der Waals surface area contributed by atoms with E-state index in [1.807, 2.05) is 7.05 Å². The van der Waals surface area contributed by atoms with E-state index in [-0.39, 0.29) is 0 Å². The quantitative estimate of drug-likeness (QED) is 0.562. The Morgan fingerprint density at radius 3 is 2.44 bits per heavy atom. The highest BCUT2D eigenvalue weighted by Crippen LogP contribution is 1.85. The van der Waals surface area contributed by atoms with Crippen molar-refractivity contribution in [1.29, 1.82) is 0 Å². The third-order valence-electron chi connectivity index (χ3n) is 0.898. The van der Waals surface area contributed by atoms with Crippen molar-refractivity contribution in [3.8, 4) is 0 Å². The third kappa shape index (κ3) is 5.56. The van der Waals surface area contributed by atoms with Crippen LogP contribution in [0.25, 0.3) is 0 Å². The van der Waals surface area contributed by atoms with E-state index >= 15 is 0 Å². The van der Waals surface area contributed by atoms with Gasteiger partial charge in [0.15, 0.2) is 5.11 Å². The summed E-state index contributed by atoms with van der Waals surface area (Å²) in [6.45, 7) is 5.23. The fraction of sp³-hybridized carbons (Fsp3) is 0.833. The van der Waals surface area contributed by atoms with Crippen molar-refractivity contribution >= 4 is 17.3 Å². The lowest BCUT2D eigenvalue weighted by Crippen LogP contribution is -2.34. The van der Waals surface area contributed by atoms with Crippen molar-refractivity contribution in [3.05, 3.63) is 0 Å². The van der Waals surface area contributed by atoms with Crippen LogP contribution >= 0.6 is 12.2 Å². The summed E-state index contributed by atoms with van der Waals surface area (Å²) in [6.07, 6.45) is 0. The van der Waals surface area contributed by atoms with Gasteiger partial charge in [-0.2, -0.15) is 0 Å². The molecule has 0 rings (SSSR count). The molecule has 0 saturated carbocycles. The molecule has 2 nitrogen and oxygen atoms in total. The smallest absolute Gasteiger partial charge is 0.166 e. The molecule has 0 aliphatic carbocycles. The van der Waals surface area contributed by atoms with Crippen LogP contribution in [0.15, 0.2) is 0 Å². The minimum Gasteiger partial charge on any atom is -0.366 e. The standard InChI is InChI=1S/C6H14N2S/c1-5(2)4-8-6(9)7-3/h5H,4H2,1-3H3,(H2,7,8,9). The normalized spacial score (nSPS) is 9.33. The van der Waals surface area contributed by atoms with Crippen molar-refractivity contribution in [3.63, 3.8) is 0 Å². The maximum Gasteiger partial charge on any atom is 0.166 e. The number of hydrogen-bond acceptors (Lipinski definition) is 1. The molecule has 54 valence electrons. The molecule has 0 amide bonds. The molecule has 0 aromatic carbocycles. The Labute approximate surface area is 62.0 Å². The van der Waals surface area contributed by atoms with E-state index in [0.29, 0.717) is 5.92 Å². The Bertz CT molecular complexity index is 91.1. The highest BCUT2D eigenvalue weighted by atomic mass is 32.1. The molecule has 0 unspecified atom stereocenters. The summed E-state index contributed by atoms with van der Waals surface area (Å²) >= 11 is 4.85. The number of nitrogens with one attached hydrogen (secondary N) is 2. The monoisotopic (exact) mass is 146 g/mol. The first kappa shape index (κ1) is 8.69. The Morgan fingerprint density at radius 1 is 1.56 bits per heavy atom. The van der Waals surface area contributed by atoms with Crippen LogP contribution in [-0.2, 0) is 0 Å². The minimum atomic E-state index is 0.649. The highest BCUT2D eigenvalue weighted by Gasteiger charge is 1.92. The molecule has 0 fully saturated rings. The molecular weight excluding hydrogens is 132 g/mol. The molecule has 0 aliphatic heterocycles. The van der Waals surface area contributed by atoms with Gasteiger partial charge in [0, 0.05) is 13.6 Å². The second kappa shape index (κ2) is 4.56. The largest absolute Gasteiger partial charge is 0.366 e. The molecule has 0 radical (unpaired) electrons. The van der Waals surface area contributed by atoms with Gasteiger partial charge in [-0.15, -0.1) is 0 Å². The molecule has 0 atom stereocenters. The third-order valence-corrected chi connectivity index (χ3v) is 1.25. The lowest BCUT2D eigenvalue weighted by molar-refractivity contribution is 0.622. The molecule has 9 heavy (non-hydrogen) atoms. The van der Waals surface area contributed by atoms with E-state index in [0.717, 1.165) is 11.7 Å². The zero-order chi connectivity index (χ0) is 7.28. The topological polar surface area (TPSA) is 24.1 Å². The van der Waals surface area contributed by atoms with E-state index in [2.05, 4.69) is 24.5 Å². The SMILES string of the molecule is CNC(=S)NCC(C)C. The van der Waals surface area contributed by atoms with Crippen LogP contribution in [0, 0.1) is 5.92 Å². The lowest BCUT2D eigenvalue weighted by atomic mass is 10.2. The first-order valence-electron chi connectivity index (χ1n) is 3.12. The summed E-state index contributed by atoms with van der Waals surface area (Å²) in [4.78, 5) is 0. The van der Waals surface area contributed by atoms with Crippen LogP contribution in [0.1, 0.15) is 13.8 Å². The molecule has 0 aromatic heterocycles. The van der Waals surface area contributed by atoms with Gasteiger partial charge in [-0.1, -0.05) is 13.8 Å². The second-order valence-electron chi connectivity index (χ2n) is 2.35. The van der Waals surface area contributed by atoms with Crippen LogP contribution in [0.2, 0.25) is 0 Å². The van der Waals surface area contributed by atoms with Gasteiger partial charge in [0.1, 0.15) is 0 Å². The van der Waals surface area contributed by atoms with Gasteiger partial charge < -0.3 is 10.6 Å². The average Bonchev–Trinajstić information content (AvgIpc) is 1.83. The minimum absolute atomic E-state index is 0.649. The second-order valence-corrected chi connectivity index (χ2v) is 2.76. The fourth-order valence-electron chi connectivity index (χ4n) is 0.385. The van der Waals surface area contributed by atoms with Crippen LogP contribution in [0.3, 0.4) is 0 Å². The Kier molecular flexibility index (Phi) is 4.40. The van der Waals surface area contributed by atoms with Gasteiger partial charge in [-0.25, -0.2) is 0 Å². The van der Waals surface area contributed by atoms with Crippen LogP contribution in [0.5, 0.6) is 0 Å². The Hall–Kier alpha value is -0.310. The van der Waals surface area contributed by atoms with E-state index < -0.39 is 0 Å². The van der Waals surface area contributed by atoms with Gasteiger partial charge in [0.05, 0.1) is 0 Å². The molecule has 0 aliphatic rings. The van der Waals surface area contributed by atoms with E-state index in [9.17, 15) is 0 Å². The summed E-state index contributed by atoms with van der Waals surface area (Å²) in [5.41, 5.74) is 0. The fourth-order valence-corrected chi connectivity index (χ4v) is 0.469. The van der Waals surface area contributed by atoms with Gasteiger partial charge in [-0.3, -0.25) is 0 Å². The molecule has 0 spiro atoms. The molecule has 0 bridgehead atoms. The summed E-state index contributed by atoms with van der Waals surface area (Å²) in [6, 6.07) is 0. The van der Waals surface area contributed by atoms with E-state index in [4.69, 9.17) is 12.2 Å². The average molecular weight is 146 g/mol. The lowest BCUT2D eigenvalue weighted by Gasteiger charge is -2.08. The first-order valence-corrected chi connectivity index (χ1v) is 3.53. The summed E-state index contributed by atoms with van der Waals surface area (Å²) in [5, 5.41) is 6.62. The predicted molar refractivity (Wildman–Crippen MR) is 44.5 cm³/mol. The molecule has 0 heterocycles. The van der Waals surface area contributed by atoms with Gasteiger partial charge in [-0.05, 0) is 18.1 Å². The van der Waals surface area contributed by atoms with Crippen LogP contribution < -0.4 is 10.6 Å². The molecular formula is C6H14N2S. The molecule has 0 aromatic rings. The zero-order valence-corrected chi connectivity index (χ0v) is 7.01. The summed E-state index contributed by atoms with van der Waals surface area (Å²) in [7, 11) is 1.82. The van der Waals surface area contributed by atoms with Crippen molar-refractivity contribution in [2.75, 3.05) is 13.6 Å². The van der Waals surface area contributed by atoms with E-state index in [1.165, 1.54) is 0 Å². The van der Waals surface area contributed by atoms with Crippen LogP contribution in [0.4, 0.5) is 0 Å². The highest BCUT2D eigenvalue weighted by molar-refractivity contribution is 7.80. The molecule has 3 heteroatoms. The summed E-state index contributed by atoms with van der Waals surface area (Å²) in [5.74, 6) is 0.649. The van der Waals surface area contributed by atoms with Gasteiger partial charge >= 0.3 is 0 Å². The Balaban J connectivity index is 3.17. The predicted octanol–water partition coefficient (Wildman–Crippen LogP) is 0.736. The van der Waals surface area contributed by atoms with Crippen molar-refractivity contribution in [1.82, 2.24) is 10.6 Å². The maximum absolute atomic E-state index is 4.85. The maximum atomic E-state index is 4.85. The first-order chi connectivity index (χ1) is 4.16. The van der Waals surface area contributed by atoms with Gasteiger partial charge in [0.2, 0.25) is 0 Å². The van der Waals surface area contributed by atoms with Crippen molar-refractivity contribution in [2.45, 2.75) is 13.8 Å². The Morgan fingerprint density at radius 2 is 2.11 bits per heavy atom. The van der Waals surface area contributed by atoms with Gasteiger partial charge in [0.25, 0.3) is 0 Å².